The monoisotopic (exact) mass is 354 g/mol. The normalized spacial score (nSPS) is 21.4. The molecule has 2 N–H and O–H groups in total. The first-order valence-corrected chi connectivity index (χ1v) is 8.82. The van der Waals surface area contributed by atoms with Gasteiger partial charge in [-0.15, -0.1) is 0 Å². The molecule has 1 heterocycles. The van der Waals surface area contributed by atoms with Gasteiger partial charge in [0.05, 0.1) is 0 Å². The zero-order valence-corrected chi connectivity index (χ0v) is 14.5. The second kappa shape index (κ2) is 8.89. The number of benzene rings is 1. The van der Waals surface area contributed by atoms with E-state index in [0.29, 0.717) is 18.7 Å². The summed E-state index contributed by atoms with van der Waals surface area (Å²) in [5.41, 5.74) is 1.33. The molecule has 1 saturated heterocycles. The van der Waals surface area contributed by atoms with Gasteiger partial charge in [0.2, 0.25) is 0 Å². The van der Waals surface area contributed by atoms with Crippen molar-refractivity contribution in [3.63, 3.8) is 0 Å². The van der Waals surface area contributed by atoms with Gasteiger partial charge >= 0.3 is 0 Å². The number of rotatable bonds is 7. The highest BCUT2D eigenvalue weighted by molar-refractivity contribution is 9.10. The maximum atomic E-state index is 9.23. The van der Waals surface area contributed by atoms with Crippen LogP contribution < -0.4 is 5.32 Å². The highest BCUT2D eigenvalue weighted by Crippen LogP contribution is 2.27. The standard InChI is InChI=1S/C17H27BrN2O/c1-19-17(15-7-2-3-8-16(15)18)9-12-20-11-5-4-6-14(20)10-13-21/h2-3,7-8,14,17,19,21H,4-6,9-13H2,1H3. The summed E-state index contributed by atoms with van der Waals surface area (Å²) in [6.07, 6.45) is 5.85. The van der Waals surface area contributed by atoms with Crippen LogP contribution in [-0.4, -0.2) is 42.8 Å². The zero-order chi connectivity index (χ0) is 15.1. The quantitative estimate of drug-likeness (QED) is 0.788. The van der Waals surface area contributed by atoms with E-state index in [1.165, 1.54) is 35.8 Å². The van der Waals surface area contributed by atoms with Crippen LogP contribution in [-0.2, 0) is 0 Å². The van der Waals surface area contributed by atoms with E-state index in [4.69, 9.17) is 0 Å². The Morgan fingerprint density at radius 3 is 2.90 bits per heavy atom. The van der Waals surface area contributed by atoms with Crippen molar-refractivity contribution in [1.82, 2.24) is 10.2 Å². The molecule has 0 amide bonds. The van der Waals surface area contributed by atoms with Crippen LogP contribution in [0.3, 0.4) is 0 Å². The van der Waals surface area contributed by atoms with Gasteiger partial charge in [-0.05, 0) is 50.9 Å². The summed E-state index contributed by atoms with van der Waals surface area (Å²) in [4.78, 5) is 2.57. The van der Waals surface area contributed by atoms with Crippen LogP contribution in [0.25, 0.3) is 0 Å². The van der Waals surface area contributed by atoms with Gasteiger partial charge in [-0.25, -0.2) is 0 Å². The minimum Gasteiger partial charge on any atom is -0.396 e. The van der Waals surface area contributed by atoms with Crippen LogP contribution in [0, 0.1) is 0 Å². The van der Waals surface area contributed by atoms with E-state index in [-0.39, 0.29) is 0 Å². The SMILES string of the molecule is CNC(CCN1CCCCC1CCO)c1ccccc1Br. The molecule has 0 aliphatic carbocycles. The third-order valence-electron chi connectivity index (χ3n) is 4.55. The van der Waals surface area contributed by atoms with E-state index in [2.05, 4.69) is 50.4 Å². The summed E-state index contributed by atoms with van der Waals surface area (Å²) >= 11 is 3.65. The molecular weight excluding hydrogens is 328 g/mol. The van der Waals surface area contributed by atoms with Crippen molar-refractivity contribution in [1.29, 1.82) is 0 Å². The lowest BCUT2D eigenvalue weighted by Crippen LogP contribution is -2.41. The molecule has 1 aliphatic rings. The molecule has 1 aliphatic heterocycles. The Bertz CT molecular complexity index is 425. The topological polar surface area (TPSA) is 35.5 Å². The fourth-order valence-electron chi connectivity index (χ4n) is 3.34. The Balaban J connectivity index is 1.94. The molecule has 0 aromatic heterocycles. The molecule has 2 atom stereocenters. The van der Waals surface area contributed by atoms with Crippen LogP contribution in [0.5, 0.6) is 0 Å². The first-order valence-electron chi connectivity index (χ1n) is 8.03. The molecule has 2 unspecified atom stereocenters. The van der Waals surface area contributed by atoms with Crippen LogP contribution in [0.15, 0.2) is 28.7 Å². The van der Waals surface area contributed by atoms with E-state index < -0.39 is 0 Å². The second-order valence-corrected chi connectivity index (χ2v) is 6.70. The van der Waals surface area contributed by atoms with E-state index in [0.717, 1.165) is 19.4 Å². The molecule has 0 bridgehead atoms. The lowest BCUT2D eigenvalue weighted by atomic mass is 9.97. The number of aliphatic hydroxyl groups excluding tert-OH is 1. The van der Waals surface area contributed by atoms with Crippen molar-refractivity contribution in [3.8, 4) is 0 Å². The van der Waals surface area contributed by atoms with Gasteiger partial charge in [0.25, 0.3) is 0 Å². The first kappa shape index (κ1) is 16.9. The van der Waals surface area contributed by atoms with Crippen molar-refractivity contribution in [2.24, 2.45) is 0 Å². The summed E-state index contributed by atoms with van der Waals surface area (Å²) in [6.45, 7) is 2.58. The largest absolute Gasteiger partial charge is 0.396 e. The van der Waals surface area contributed by atoms with E-state index >= 15 is 0 Å². The Hall–Kier alpha value is -0.420. The predicted octanol–water partition coefficient (Wildman–Crippen LogP) is 3.34. The van der Waals surface area contributed by atoms with Gasteiger partial charge in [-0.3, -0.25) is 0 Å². The molecule has 118 valence electrons. The highest BCUT2D eigenvalue weighted by Gasteiger charge is 2.23. The van der Waals surface area contributed by atoms with Crippen molar-refractivity contribution >= 4 is 15.9 Å². The maximum absolute atomic E-state index is 9.23. The van der Waals surface area contributed by atoms with Gasteiger partial charge in [0.15, 0.2) is 0 Å². The number of hydrogen-bond donors (Lipinski definition) is 2. The van der Waals surface area contributed by atoms with Gasteiger partial charge in [-0.2, -0.15) is 0 Å². The zero-order valence-electron chi connectivity index (χ0n) is 12.9. The Morgan fingerprint density at radius 1 is 1.38 bits per heavy atom. The average Bonchev–Trinajstić information content (AvgIpc) is 2.51. The summed E-state index contributed by atoms with van der Waals surface area (Å²) in [5.74, 6) is 0. The molecule has 1 fully saturated rings. The van der Waals surface area contributed by atoms with Crippen LogP contribution in [0.4, 0.5) is 0 Å². The van der Waals surface area contributed by atoms with Crippen molar-refractivity contribution in [2.75, 3.05) is 26.7 Å². The predicted molar refractivity (Wildman–Crippen MR) is 91.5 cm³/mol. The molecule has 1 aromatic rings. The smallest absolute Gasteiger partial charge is 0.0445 e. The molecular formula is C17H27BrN2O. The van der Waals surface area contributed by atoms with Crippen LogP contribution in [0.2, 0.25) is 0 Å². The third-order valence-corrected chi connectivity index (χ3v) is 5.27. The minimum absolute atomic E-state index is 0.306. The van der Waals surface area contributed by atoms with Gasteiger partial charge < -0.3 is 15.3 Å². The second-order valence-electron chi connectivity index (χ2n) is 5.85. The Kier molecular flexibility index (Phi) is 7.17. The lowest BCUT2D eigenvalue weighted by molar-refractivity contribution is 0.114. The van der Waals surface area contributed by atoms with Gasteiger partial charge in [0.1, 0.15) is 0 Å². The molecule has 0 spiro atoms. The summed E-state index contributed by atoms with van der Waals surface area (Å²) in [7, 11) is 2.03. The number of hydrogen-bond acceptors (Lipinski definition) is 3. The molecule has 0 saturated carbocycles. The van der Waals surface area contributed by atoms with Crippen LogP contribution >= 0.6 is 15.9 Å². The van der Waals surface area contributed by atoms with Crippen molar-refractivity contribution in [2.45, 2.75) is 44.2 Å². The third kappa shape index (κ3) is 4.78. The van der Waals surface area contributed by atoms with Crippen molar-refractivity contribution < 1.29 is 5.11 Å². The fraction of sp³-hybridized carbons (Fsp3) is 0.647. The van der Waals surface area contributed by atoms with E-state index in [1.807, 2.05) is 7.05 Å². The maximum Gasteiger partial charge on any atom is 0.0445 e. The minimum atomic E-state index is 0.306. The molecule has 21 heavy (non-hydrogen) atoms. The number of piperidine rings is 1. The number of halogens is 1. The molecule has 1 aromatic carbocycles. The molecule has 4 heteroatoms. The highest BCUT2D eigenvalue weighted by atomic mass is 79.9. The molecule has 3 nitrogen and oxygen atoms in total. The number of nitrogens with zero attached hydrogens (tertiary/aromatic N) is 1. The lowest BCUT2D eigenvalue weighted by Gasteiger charge is -2.36. The van der Waals surface area contributed by atoms with Crippen LogP contribution in [0.1, 0.15) is 43.7 Å². The number of aliphatic hydroxyl groups is 1. The van der Waals surface area contributed by atoms with E-state index in [9.17, 15) is 5.11 Å². The summed E-state index contributed by atoms with van der Waals surface area (Å²) < 4.78 is 1.18. The Morgan fingerprint density at radius 2 is 2.19 bits per heavy atom. The average molecular weight is 355 g/mol. The van der Waals surface area contributed by atoms with Gasteiger partial charge in [-0.1, -0.05) is 40.5 Å². The fourth-order valence-corrected chi connectivity index (χ4v) is 3.90. The first-order chi connectivity index (χ1) is 10.3. The van der Waals surface area contributed by atoms with E-state index in [1.54, 1.807) is 0 Å². The summed E-state index contributed by atoms with van der Waals surface area (Å²) in [6, 6.07) is 9.39. The Labute approximate surface area is 136 Å². The van der Waals surface area contributed by atoms with Gasteiger partial charge in [0, 0.05) is 29.7 Å². The van der Waals surface area contributed by atoms with Crippen molar-refractivity contribution in [3.05, 3.63) is 34.3 Å². The number of nitrogens with one attached hydrogen (secondary N) is 1. The molecule has 0 radical (unpaired) electrons. The summed E-state index contributed by atoms with van der Waals surface area (Å²) in [5, 5.41) is 12.7. The number of likely N-dealkylation sites (tertiary alicyclic amines) is 1. The molecule has 2 rings (SSSR count).